The number of halogens is 2. The van der Waals surface area contributed by atoms with Crippen molar-refractivity contribution >= 4 is 27.5 Å². The fraction of sp³-hybridized carbons (Fsp3) is 0.273. The normalized spacial score (nSPS) is 10.7. The van der Waals surface area contributed by atoms with Gasteiger partial charge in [-0.2, -0.15) is 0 Å². The second kappa shape index (κ2) is 6.14. The van der Waals surface area contributed by atoms with Crippen LogP contribution in [0.15, 0.2) is 35.1 Å². The van der Waals surface area contributed by atoms with Gasteiger partial charge in [0.05, 0.1) is 12.7 Å². The van der Waals surface area contributed by atoms with Crippen LogP contribution < -0.4 is 5.32 Å². The molecule has 0 aliphatic carbocycles. The average Bonchev–Trinajstić information content (AvgIpc) is 2.79. The van der Waals surface area contributed by atoms with Crippen LogP contribution in [-0.4, -0.2) is 21.5 Å². The maximum atomic E-state index is 5.88. The summed E-state index contributed by atoms with van der Waals surface area (Å²) in [5.74, 6) is 0. The average molecular weight is 316 g/mol. The molecule has 0 amide bonds. The monoisotopic (exact) mass is 314 g/mol. The van der Waals surface area contributed by atoms with E-state index in [0.717, 1.165) is 29.1 Å². The van der Waals surface area contributed by atoms with Gasteiger partial charge in [-0.25, -0.2) is 0 Å². The summed E-state index contributed by atoms with van der Waals surface area (Å²) in [6.45, 7) is 2.45. The van der Waals surface area contributed by atoms with E-state index in [9.17, 15) is 0 Å². The third kappa shape index (κ3) is 3.80. The van der Waals surface area contributed by atoms with Gasteiger partial charge in [-0.15, -0.1) is 5.10 Å². The first kappa shape index (κ1) is 12.5. The van der Waals surface area contributed by atoms with Crippen LogP contribution >= 0.6 is 27.5 Å². The standard InChI is InChI=1S/C11H12BrClN4/c12-11-7-10(13)2-1-9(11)8-14-3-5-17-6-4-15-16-17/h1-2,4,6-7,14H,3,5,8H2. The van der Waals surface area contributed by atoms with Gasteiger partial charge in [-0.05, 0) is 17.7 Å². The highest BCUT2D eigenvalue weighted by Gasteiger charge is 2.00. The van der Waals surface area contributed by atoms with Crippen molar-refractivity contribution in [1.29, 1.82) is 0 Å². The van der Waals surface area contributed by atoms with E-state index in [4.69, 9.17) is 11.6 Å². The number of aromatic nitrogens is 3. The largest absolute Gasteiger partial charge is 0.311 e. The van der Waals surface area contributed by atoms with E-state index in [0.29, 0.717) is 0 Å². The quantitative estimate of drug-likeness (QED) is 0.862. The van der Waals surface area contributed by atoms with Crippen LogP contribution in [0.1, 0.15) is 5.56 Å². The maximum Gasteiger partial charge on any atom is 0.0692 e. The van der Waals surface area contributed by atoms with Gasteiger partial charge in [0.2, 0.25) is 0 Å². The molecule has 0 spiro atoms. The summed E-state index contributed by atoms with van der Waals surface area (Å²) in [6, 6.07) is 5.80. The molecule has 2 rings (SSSR count). The lowest BCUT2D eigenvalue weighted by atomic mass is 10.2. The fourth-order valence-electron chi connectivity index (χ4n) is 1.43. The minimum Gasteiger partial charge on any atom is -0.311 e. The van der Waals surface area contributed by atoms with E-state index < -0.39 is 0 Å². The minimum atomic E-state index is 0.739. The van der Waals surface area contributed by atoms with E-state index in [-0.39, 0.29) is 0 Å². The molecule has 1 N–H and O–H groups in total. The Bertz CT molecular complexity index is 472. The summed E-state index contributed by atoms with van der Waals surface area (Å²) < 4.78 is 2.82. The van der Waals surface area contributed by atoms with E-state index in [2.05, 4.69) is 31.6 Å². The second-order valence-corrected chi connectivity index (χ2v) is 4.87. The van der Waals surface area contributed by atoms with E-state index in [1.165, 1.54) is 5.56 Å². The van der Waals surface area contributed by atoms with Gasteiger partial charge >= 0.3 is 0 Å². The van der Waals surface area contributed by atoms with Gasteiger partial charge < -0.3 is 5.32 Å². The van der Waals surface area contributed by atoms with E-state index in [1.807, 2.05) is 24.4 Å². The number of hydrogen-bond donors (Lipinski definition) is 1. The molecule has 0 atom stereocenters. The molecule has 2 aromatic rings. The molecule has 0 saturated heterocycles. The van der Waals surface area contributed by atoms with Crippen molar-refractivity contribution in [2.45, 2.75) is 13.1 Å². The topological polar surface area (TPSA) is 42.7 Å². The van der Waals surface area contributed by atoms with Crippen LogP contribution in [0.5, 0.6) is 0 Å². The molecule has 0 bridgehead atoms. The summed E-state index contributed by atoms with van der Waals surface area (Å²) in [7, 11) is 0. The highest BCUT2D eigenvalue weighted by Crippen LogP contribution is 2.21. The predicted octanol–water partition coefficient (Wildman–Crippen LogP) is 2.48. The Morgan fingerprint density at radius 2 is 2.29 bits per heavy atom. The maximum absolute atomic E-state index is 5.88. The van der Waals surface area contributed by atoms with Gasteiger partial charge in [0.25, 0.3) is 0 Å². The molecule has 0 fully saturated rings. The predicted molar refractivity (Wildman–Crippen MR) is 70.9 cm³/mol. The molecule has 0 saturated carbocycles. The summed E-state index contributed by atoms with van der Waals surface area (Å²) in [5.41, 5.74) is 1.19. The Morgan fingerprint density at radius 3 is 3.00 bits per heavy atom. The van der Waals surface area contributed by atoms with Crippen LogP contribution in [0, 0.1) is 0 Å². The first-order chi connectivity index (χ1) is 8.25. The van der Waals surface area contributed by atoms with Gasteiger partial charge in [0.15, 0.2) is 0 Å². The zero-order chi connectivity index (χ0) is 12.1. The zero-order valence-electron chi connectivity index (χ0n) is 9.11. The second-order valence-electron chi connectivity index (χ2n) is 3.58. The van der Waals surface area contributed by atoms with Crippen molar-refractivity contribution in [2.75, 3.05) is 6.54 Å². The number of hydrogen-bond acceptors (Lipinski definition) is 3. The number of nitrogens with zero attached hydrogens (tertiary/aromatic N) is 3. The number of rotatable bonds is 5. The highest BCUT2D eigenvalue weighted by molar-refractivity contribution is 9.10. The molecule has 1 aromatic carbocycles. The third-order valence-electron chi connectivity index (χ3n) is 2.32. The summed E-state index contributed by atoms with van der Waals surface area (Å²) in [5, 5.41) is 11.7. The lowest BCUT2D eigenvalue weighted by Gasteiger charge is -2.07. The molecule has 1 heterocycles. The minimum absolute atomic E-state index is 0.739. The molecule has 0 unspecified atom stereocenters. The Hall–Kier alpha value is -0.910. The van der Waals surface area contributed by atoms with Gasteiger partial charge in [0.1, 0.15) is 0 Å². The molecule has 17 heavy (non-hydrogen) atoms. The van der Waals surface area contributed by atoms with Crippen LogP contribution in [0.25, 0.3) is 0 Å². The zero-order valence-corrected chi connectivity index (χ0v) is 11.4. The lowest BCUT2D eigenvalue weighted by Crippen LogP contribution is -2.20. The molecule has 0 radical (unpaired) electrons. The molecule has 1 aromatic heterocycles. The summed E-state index contributed by atoms with van der Waals surface area (Å²) in [4.78, 5) is 0. The Balaban J connectivity index is 1.78. The van der Waals surface area contributed by atoms with Gasteiger partial charge in [-0.1, -0.05) is 38.8 Å². The molecule has 90 valence electrons. The number of nitrogens with one attached hydrogen (secondary N) is 1. The van der Waals surface area contributed by atoms with Crippen molar-refractivity contribution in [3.05, 3.63) is 45.7 Å². The highest BCUT2D eigenvalue weighted by atomic mass is 79.9. The van der Waals surface area contributed by atoms with Crippen LogP contribution in [0.3, 0.4) is 0 Å². The van der Waals surface area contributed by atoms with Crippen LogP contribution in [-0.2, 0) is 13.1 Å². The first-order valence-corrected chi connectivity index (χ1v) is 6.41. The van der Waals surface area contributed by atoms with Crippen molar-refractivity contribution in [3.63, 3.8) is 0 Å². The van der Waals surface area contributed by atoms with Crippen molar-refractivity contribution < 1.29 is 0 Å². The lowest BCUT2D eigenvalue weighted by molar-refractivity contribution is 0.540. The van der Waals surface area contributed by atoms with Crippen LogP contribution in [0.2, 0.25) is 5.02 Å². The smallest absolute Gasteiger partial charge is 0.0692 e. The van der Waals surface area contributed by atoms with Gasteiger partial charge in [0, 0.05) is 28.8 Å². The third-order valence-corrected chi connectivity index (χ3v) is 3.29. The molecule has 0 aliphatic heterocycles. The molecule has 0 aliphatic rings. The molecular formula is C11H12BrClN4. The van der Waals surface area contributed by atoms with E-state index in [1.54, 1.807) is 10.9 Å². The molecule has 6 heteroatoms. The summed E-state index contributed by atoms with van der Waals surface area (Å²) in [6.07, 6.45) is 3.52. The Kier molecular flexibility index (Phi) is 4.53. The Morgan fingerprint density at radius 1 is 1.41 bits per heavy atom. The van der Waals surface area contributed by atoms with Crippen LogP contribution in [0.4, 0.5) is 0 Å². The number of benzene rings is 1. The van der Waals surface area contributed by atoms with Gasteiger partial charge in [-0.3, -0.25) is 4.68 Å². The summed E-state index contributed by atoms with van der Waals surface area (Å²) >= 11 is 9.36. The molecular weight excluding hydrogens is 304 g/mol. The first-order valence-electron chi connectivity index (χ1n) is 5.24. The van der Waals surface area contributed by atoms with Crippen molar-refractivity contribution in [3.8, 4) is 0 Å². The Labute approximate surface area is 113 Å². The van der Waals surface area contributed by atoms with E-state index >= 15 is 0 Å². The SMILES string of the molecule is Clc1ccc(CNCCn2ccnn2)c(Br)c1. The fourth-order valence-corrected chi connectivity index (χ4v) is 2.26. The van der Waals surface area contributed by atoms with Crippen molar-refractivity contribution in [1.82, 2.24) is 20.3 Å². The van der Waals surface area contributed by atoms with Crippen molar-refractivity contribution in [2.24, 2.45) is 0 Å². The molecule has 4 nitrogen and oxygen atoms in total.